The average molecular weight is 357 g/mol. The van der Waals surface area contributed by atoms with E-state index in [1.807, 2.05) is 12.1 Å². The van der Waals surface area contributed by atoms with Crippen LogP contribution in [-0.4, -0.2) is 23.4 Å². The van der Waals surface area contributed by atoms with Crippen molar-refractivity contribution in [3.63, 3.8) is 0 Å². The van der Waals surface area contributed by atoms with Crippen LogP contribution in [0, 0.1) is 5.92 Å². The SMILES string of the molecule is O=C(c1ccc(Cl)c(Br)c1)N1CCC[C@H]2CCCC[C@H]21. The first-order valence-corrected chi connectivity index (χ1v) is 8.60. The van der Waals surface area contributed by atoms with Gasteiger partial charge in [-0.25, -0.2) is 0 Å². The molecule has 1 saturated carbocycles. The van der Waals surface area contributed by atoms with Crippen LogP contribution < -0.4 is 0 Å². The van der Waals surface area contributed by atoms with E-state index in [2.05, 4.69) is 20.8 Å². The van der Waals surface area contributed by atoms with Crippen molar-refractivity contribution >= 4 is 33.4 Å². The minimum Gasteiger partial charge on any atom is -0.335 e. The lowest BCUT2D eigenvalue weighted by atomic mass is 9.78. The summed E-state index contributed by atoms with van der Waals surface area (Å²) in [6.07, 6.45) is 7.48. The van der Waals surface area contributed by atoms with Crippen molar-refractivity contribution in [3.05, 3.63) is 33.3 Å². The number of halogens is 2. The summed E-state index contributed by atoms with van der Waals surface area (Å²) >= 11 is 9.41. The van der Waals surface area contributed by atoms with Gasteiger partial charge >= 0.3 is 0 Å². The van der Waals surface area contributed by atoms with E-state index in [9.17, 15) is 4.79 Å². The maximum atomic E-state index is 12.8. The molecule has 1 aromatic rings. The number of fused-ring (bicyclic) bond motifs is 1. The number of rotatable bonds is 1. The van der Waals surface area contributed by atoms with Gasteiger partial charge in [0.1, 0.15) is 0 Å². The van der Waals surface area contributed by atoms with Gasteiger partial charge in [0.2, 0.25) is 0 Å². The van der Waals surface area contributed by atoms with Crippen molar-refractivity contribution in [2.24, 2.45) is 5.92 Å². The zero-order chi connectivity index (χ0) is 14.1. The van der Waals surface area contributed by atoms with Crippen LogP contribution >= 0.6 is 27.5 Å². The molecule has 0 spiro atoms. The van der Waals surface area contributed by atoms with E-state index in [0.29, 0.717) is 11.1 Å². The number of nitrogens with zero attached hydrogens (tertiary/aromatic N) is 1. The first kappa shape index (κ1) is 14.4. The number of benzene rings is 1. The van der Waals surface area contributed by atoms with Gasteiger partial charge in [0.25, 0.3) is 5.91 Å². The molecule has 1 aliphatic carbocycles. The highest BCUT2D eigenvalue weighted by molar-refractivity contribution is 9.10. The van der Waals surface area contributed by atoms with Gasteiger partial charge in [0.15, 0.2) is 0 Å². The largest absolute Gasteiger partial charge is 0.335 e. The van der Waals surface area contributed by atoms with E-state index >= 15 is 0 Å². The van der Waals surface area contributed by atoms with Gasteiger partial charge < -0.3 is 4.90 Å². The molecule has 0 radical (unpaired) electrons. The molecule has 0 bridgehead atoms. The number of carbonyl (C=O) groups excluding carboxylic acids is 1. The third-order valence-electron chi connectivity index (χ3n) is 4.67. The van der Waals surface area contributed by atoms with E-state index in [4.69, 9.17) is 11.6 Å². The van der Waals surface area contributed by atoms with Crippen molar-refractivity contribution in [2.45, 2.75) is 44.6 Å². The minimum atomic E-state index is 0.166. The third-order valence-corrected chi connectivity index (χ3v) is 5.88. The van der Waals surface area contributed by atoms with Crippen LogP contribution in [0.3, 0.4) is 0 Å². The quantitative estimate of drug-likeness (QED) is 0.701. The standard InChI is InChI=1S/C16H19BrClNO/c17-13-10-12(7-8-14(13)18)16(20)19-9-3-5-11-4-1-2-6-15(11)19/h7-8,10-11,15H,1-6,9H2/t11-,15-/m1/s1. The van der Waals surface area contributed by atoms with Crippen LogP contribution in [0.1, 0.15) is 48.9 Å². The zero-order valence-corrected chi connectivity index (χ0v) is 13.8. The highest BCUT2D eigenvalue weighted by Crippen LogP contribution is 2.36. The monoisotopic (exact) mass is 355 g/mol. The Bertz CT molecular complexity index is 517. The number of hydrogen-bond acceptors (Lipinski definition) is 1. The summed E-state index contributed by atoms with van der Waals surface area (Å²) in [5, 5.41) is 0.649. The second-order valence-corrected chi connectivity index (χ2v) is 7.14. The molecule has 2 aliphatic rings. The molecule has 1 aliphatic heterocycles. The summed E-state index contributed by atoms with van der Waals surface area (Å²) in [5.74, 6) is 0.885. The average Bonchev–Trinajstić information content (AvgIpc) is 2.49. The van der Waals surface area contributed by atoms with Crippen LogP contribution in [0.5, 0.6) is 0 Å². The van der Waals surface area contributed by atoms with Crippen molar-refractivity contribution < 1.29 is 4.79 Å². The predicted molar refractivity (Wildman–Crippen MR) is 85.2 cm³/mol. The lowest BCUT2D eigenvalue weighted by Crippen LogP contribution is -2.49. The molecule has 20 heavy (non-hydrogen) atoms. The maximum absolute atomic E-state index is 12.8. The number of carbonyl (C=O) groups is 1. The molecule has 3 rings (SSSR count). The summed E-state index contributed by atoms with van der Waals surface area (Å²) < 4.78 is 0.794. The summed E-state index contributed by atoms with van der Waals surface area (Å²) in [6.45, 7) is 0.903. The highest BCUT2D eigenvalue weighted by atomic mass is 79.9. The molecule has 0 aromatic heterocycles. The first-order valence-electron chi connectivity index (χ1n) is 7.43. The van der Waals surface area contributed by atoms with Gasteiger partial charge in [-0.15, -0.1) is 0 Å². The normalized spacial score (nSPS) is 26.2. The van der Waals surface area contributed by atoms with Gasteiger partial charge in [0, 0.05) is 22.6 Å². The Morgan fingerprint density at radius 3 is 2.75 bits per heavy atom. The molecule has 0 N–H and O–H groups in total. The van der Waals surface area contributed by atoms with E-state index < -0.39 is 0 Å². The van der Waals surface area contributed by atoms with Gasteiger partial charge in [-0.2, -0.15) is 0 Å². The van der Waals surface area contributed by atoms with Crippen molar-refractivity contribution in [1.82, 2.24) is 4.90 Å². The van der Waals surface area contributed by atoms with Crippen LogP contribution in [0.15, 0.2) is 22.7 Å². The summed E-state index contributed by atoms with van der Waals surface area (Å²) in [6, 6.07) is 5.93. The van der Waals surface area contributed by atoms with Crippen LogP contribution in [0.25, 0.3) is 0 Å². The van der Waals surface area contributed by atoms with Crippen molar-refractivity contribution in [2.75, 3.05) is 6.54 Å². The van der Waals surface area contributed by atoms with Crippen LogP contribution in [0.4, 0.5) is 0 Å². The molecule has 1 heterocycles. The van der Waals surface area contributed by atoms with Gasteiger partial charge in [-0.3, -0.25) is 4.79 Å². The third kappa shape index (κ3) is 2.75. The molecule has 1 amide bonds. The topological polar surface area (TPSA) is 20.3 Å². The molecule has 1 aromatic carbocycles. The molecule has 0 unspecified atom stereocenters. The zero-order valence-electron chi connectivity index (χ0n) is 11.4. The molecule has 2 atom stereocenters. The highest BCUT2D eigenvalue weighted by Gasteiger charge is 2.35. The minimum absolute atomic E-state index is 0.166. The first-order chi connectivity index (χ1) is 9.66. The Balaban J connectivity index is 1.83. The van der Waals surface area contributed by atoms with Crippen molar-refractivity contribution in [3.8, 4) is 0 Å². The Kier molecular flexibility index (Phi) is 4.37. The smallest absolute Gasteiger partial charge is 0.254 e. The molecular formula is C16H19BrClNO. The lowest BCUT2D eigenvalue weighted by Gasteiger charge is -2.44. The fourth-order valence-corrected chi connectivity index (χ4v) is 4.17. The van der Waals surface area contributed by atoms with Crippen LogP contribution in [0.2, 0.25) is 5.02 Å². The van der Waals surface area contributed by atoms with Gasteiger partial charge in [-0.05, 0) is 65.7 Å². The summed E-state index contributed by atoms with van der Waals surface area (Å²) in [4.78, 5) is 14.9. The lowest BCUT2D eigenvalue weighted by molar-refractivity contribution is 0.0390. The molecule has 4 heteroatoms. The number of hydrogen-bond donors (Lipinski definition) is 0. The molecule has 108 valence electrons. The molecule has 1 saturated heterocycles. The Labute approximate surface area is 133 Å². The van der Waals surface area contributed by atoms with E-state index in [0.717, 1.165) is 28.9 Å². The molecule has 2 nitrogen and oxygen atoms in total. The molecule has 2 fully saturated rings. The van der Waals surface area contributed by atoms with E-state index in [-0.39, 0.29) is 5.91 Å². The van der Waals surface area contributed by atoms with Gasteiger partial charge in [-0.1, -0.05) is 24.4 Å². The van der Waals surface area contributed by atoms with Gasteiger partial charge in [0.05, 0.1) is 5.02 Å². The van der Waals surface area contributed by atoms with E-state index in [1.54, 1.807) is 6.07 Å². The second kappa shape index (κ2) is 6.07. The fraction of sp³-hybridized carbons (Fsp3) is 0.562. The number of amides is 1. The summed E-state index contributed by atoms with van der Waals surface area (Å²) in [7, 11) is 0. The fourth-order valence-electron chi connectivity index (χ4n) is 3.67. The predicted octanol–water partition coefficient (Wildman–Crippen LogP) is 4.90. The molecular weight excluding hydrogens is 338 g/mol. The van der Waals surface area contributed by atoms with Crippen LogP contribution in [-0.2, 0) is 0 Å². The Morgan fingerprint density at radius 2 is 1.95 bits per heavy atom. The number of likely N-dealkylation sites (tertiary alicyclic amines) is 1. The second-order valence-electron chi connectivity index (χ2n) is 5.88. The maximum Gasteiger partial charge on any atom is 0.254 e. The number of piperidine rings is 1. The van der Waals surface area contributed by atoms with E-state index in [1.165, 1.54) is 32.1 Å². The Morgan fingerprint density at radius 1 is 1.20 bits per heavy atom. The van der Waals surface area contributed by atoms with Crippen molar-refractivity contribution in [1.29, 1.82) is 0 Å². The summed E-state index contributed by atoms with van der Waals surface area (Å²) in [5.41, 5.74) is 0.743. The Hall–Kier alpha value is -0.540.